The molecule has 0 saturated heterocycles. The lowest BCUT2D eigenvalue weighted by Crippen LogP contribution is -2.32. The number of carbonyl (C=O) groups is 1. The number of carbonyl (C=O) groups excluding carboxylic acids is 1. The van der Waals surface area contributed by atoms with Crippen LogP contribution in [0, 0.1) is 0 Å². The van der Waals surface area contributed by atoms with Gasteiger partial charge in [0.1, 0.15) is 5.75 Å². The lowest BCUT2D eigenvalue weighted by Gasteiger charge is -2.11. The maximum Gasteiger partial charge on any atom is 0.236 e. The molecule has 0 spiro atoms. The highest BCUT2D eigenvalue weighted by Crippen LogP contribution is 2.20. The number of hydrogen-bond acceptors (Lipinski definition) is 3. The molecule has 0 aliphatic rings. The van der Waals surface area contributed by atoms with Crippen LogP contribution < -0.4 is 5.32 Å². The molecule has 0 aliphatic carbocycles. The van der Waals surface area contributed by atoms with Crippen molar-refractivity contribution < 1.29 is 9.90 Å². The molecule has 0 fully saturated rings. The average molecular weight is 243 g/mol. The van der Waals surface area contributed by atoms with E-state index in [1.807, 2.05) is 0 Å². The maximum atomic E-state index is 11.3. The SMILES string of the molecule is CN(C)C(=O)CNCc1cc(Cl)ccc1O. The van der Waals surface area contributed by atoms with E-state index in [0.717, 1.165) is 0 Å². The van der Waals surface area contributed by atoms with Gasteiger partial charge in [-0.2, -0.15) is 0 Å². The molecule has 2 N–H and O–H groups in total. The van der Waals surface area contributed by atoms with Crippen molar-refractivity contribution in [1.29, 1.82) is 0 Å². The minimum Gasteiger partial charge on any atom is -0.508 e. The number of amides is 1. The predicted octanol–water partition coefficient (Wildman–Crippen LogP) is 1.22. The topological polar surface area (TPSA) is 52.6 Å². The molecule has 1 amide bonds. The maximum absolute atomic E-state index is 11.3. The van der Waals surface area contributed by atoms with Gasteiger partial charge in [-0.1, -0.05) is 11.6 Å². The van der Waals surface area contributed by atoms with E-state index >= 15 is 0 Å². The predicted molar refractivity (Wildman–Crippen MR) is 63.5 cm³/mol. The lowest BCUT2D eigenvalue weighted by molar-refractivity contribution is -0.127. The minimum atomic E-state index is -0.0125. The summed E-state index contributed by atoms with van der Waals surface area (Å²) >= 11 is 5.79. The van der Waals surface area contributed by atoms with Gasteiger partial charge in [0, 0.05) is 31.2 Å². The van der Waals surface area contributed by atoms with Crippen LogP contribution in [0.25, 0.3) is 0 Å². The van der Waals surface area contributed by atoms with Gasteiger partial charge in [0.25, 0.3) is 0 Å². The molecule has 1 aromatic carbocycles. The largest absolute Gasteiger partial charge is 0.508 e. The summed E-state index contributed by atoms with van der Waals surface area (Å²) < 4.78 is 0. The van der Waals surface area contributed by atoms with Gasteiger partial charge in [-0.15, -0.1) is 0 Å². The minimum absolute atomic E-state index is 0.0125. The fraction of sp³-hybridized carbons (Fsp3) is 0.364. The van der Waals surface area contributed by atoms with Crippen molar-refractivity contribution in [3.63, 3.8) is 0 Å². The van der Waals surface area contributed by atoms with Crippen LogP contribution in [0.1, 0.15) is 5.56 Å². The zero-order valence-corrected chi connectivity index (χ0v) is 10.1. The highest BCUT2D eigenvalue weighted by Gasteiger charge is 2.05. The third-order valence-corrected chi connectivity index (χ3v) is 2.37. The third kappa shape index (κ3) is 3.72. The number of phenolic OH excluding ortho intramolecular Hbond substituents is 1. The Morgan fingerprint density at radius 1 is 1.50 bits per heavy atom. The zero-order valence-electron chi connectivity index (χ0n) is 9.33. The number of hydrogen-bond donors (Lipinski definition) is 2. The zero-order chi connectivity index (χ0) is 12.1. The molecule has 0 radical (unpaired) electrons. The summed E-state index contributed by atoms with van der Waals surface area (Å²) in [6, 6.07) is 4.82. The first-order valence-electron chi connectivity index (χ1n) is 4.89. The normalized spacial score (nSPS) is 10.2. The summed E-state index contributed by atoms with van der Waals surface area (Å²) in [4.78, 5) is 12.8. The second-order valence-electron chi connectivity index (χ2n) is 3.66. The molecule has 0 saturated carbocycles. The Hall–Kier alpha value is -1.26. The van der Waals surface area contributed by atoms with Gasteiger partial charge >= 0.3 is 0 Å². The van der Waals surface area contributed by atoms with E-state index in [0.29, 0.717) is 17.1 Å². The molecule has 16 heavy (non-hydrogen) atoms. The van der Waals surface area contributed by atoms with E-state index in [4.69, 9.17) is 11.6 Å². The van der Waals surface area contributed by atoms with Gasteiger partial charge < -0.3 is 15.3 Å². The molecule has 5 heteroatoms. The van der Waals surface area contributed by atoms with E-state index in [9.17, 15) is 9.90 Å². The summed E-state index contributed by atoms with van der Waals surface area (Å²) in [5.41, 5.74) is 0.680. The van der Waals surface area contributed by atoms with Crippen LogP contribution in [0.2, 0.25) is 5.02 Å². The van der Waals surface area contributed by atoms with Gasteiger partial charge in [0.05, 0.1) is 6.54 Å². The molecule has 88 valence electrons. The molecule has 4 nitrogen and oxygen atoms in total. The first-order chi connectivity index (χ1) is 7.50. The standard InChI is InChI=1S/C11H15ClN2O2/c1-14(2)11(16)7-13-6-8-5-9(12)3-4-10(8)15/h3-5,13,15H,6-7H2,1-2H3. The summed E-state index contributed by atoms with van der Waals surface area (Å²) in [7, 11) is 3.39. The monoisotopic (exact) mass is 242 g/mol. The number of rotatable bonds is 4. The molecule has 0 aliphatic heterocycles. The van der Waals surface area contributed by atoms with E-state index in [-0.39, 0.29) is 18.2 Å². The van der Waals surface area contributed by atoms with Crippen LogP contribution in [0.15, 0.2) is 18.2 Å². The van der Waals surface area contributed by atoms with Crippen LogP contribution >= 0.6 is 11.6 Å². The van der Waals surface area contributed by atoms with Gasteiger partial charge in [-0.25, -0.2) is 0 Å². The van der Waals surface area contributed by atoms with Gasteiger partial charge in [0.15, 0.2) is 0 Å². The Kier molecular flexibility index (Phi) is 4.58. The second kappa shape index (κ2) is 5.72. The average Bonchev–Trinajstić information content (AvgIpc) is 2.22. The highest BCUT2D eigenvalue weighted by atomic mass is 35.5. The molecule has 0 atom stereocenters. The van der Waals surface area contributed by atoms with Crippen molar-refractivity contribution in [3.05, 3.63) is 28.8 Å². The first-order valence-corrected chi connectivity index (χ1v) is 5.26. The summed E-state index contributed by atoms with van der Waals surface area (Å²) in [6.07, 6.45) is 0. The van der Waals surface area contributed by atoms with Crippen molar-refractivity contribution in [2.45, 2.75) is 6.54 Å². The van der Waals surface area contributed by atoms with Crippen molar-refractivity contribution in [1.82, 2.24) is 10.2 Å². The van der Waals surface area contributed by atoms with Gasteiger partial charge in [0.2, 0.25) is 5.91 Å². The third-order valence-electron chi connectivity index (χ3n) is 2.13. The molecular weight excluding hydrogens is 228 g/mol. The molecule has 0 aromatic heterocycles. The van der Waals surface area contributed by atoms with Gasteiger partial charge in [-0.05, 0) is 18.2 Å². The molecule has 0 unspecified atom stereocenters. The Bertz CT molecular complexity index is 380. The Balaban J connectivity index is 2.49. The van der Waals surface area contributed by atoms with E-state index in [1.54, 1.807) is 26.2 Å². The van der Waals surface area contributed by atoms with Crippen molar-refractivity contribution in [3.8, 4) is 5.75 Å². The number of aromatic hydroxyl groups is 1. The van der Waals surface area contributed by atoms with Crippen molar-refractivity contribution in [2.24, 2.45) is 0 Å². The molecular formula is C11H15ClN2O2. The van der Waals surface area contributed by atoms with Crippen LogP contribution in [-0.2, 0) is 11.3 Å². The quantitative estimate of drug-likeness (QED) is 0.835. The van der Waals surface area contributed by atoms with Crippen molar-refractivity contribution in [2.75, 3.05) is 20.6 Å². The molecule has 1 aromatic rings. The van der Waals surface area contributed by atoms with Crippen LogP contribution in [0.5, 0.6) is 5.75 Å². The van der Waals surface area contributed by atoms with E-state index < -0.39 is 0 Å². The number of phenols is 1. The number of nitrogens with zero attached hydrogens (tertiary/aromatic N) is 1. The summed E-state index contributed by atoms with van der Waals surface area (Å²) in [6.45, 7) is 0.644. The summed E-state index contributed by atoms with van der Waals surface area (Å²) in [5, 5.41) is 13.0. The molecule has 1 rings (SSSR count). The number of halogens is 1. The fourth-order valence-corrected chi connectivity index (χ4v) is 1.35. The second-order valence-corrected chi connectivity index (χ2v) is 4.10. The Morgan fingerprint density at radius 3 is 2.81 bits per heavy atom. The highest BCUT2D eigenvalue weighted by molar-refractivity contribution is 6.30. The molecule has 0 bridgehead atoms. The Morgan fingerprint density at radius 2 is 2.19 bits per heavy atom. The van der Waals surface area contributed by atoms with Gasteiger partial charge in [-0.3, -0.25) is 4.79 Å². The molecule has 0 heterocycles. The number of likely N-dealkylation sites (N-methyl/N-ethyl adjacent to an activating group) is 1. The lowest BCUT2D eigenvalue weighted by atomic mass is 10.2. The number of nitrogens with one attached hydrogen (secondary N) is 1. The summed E-state index contributed by atoms with van der Waals surface area (Å²) in [5.74, 6) is 0.163. The number of benzene rings is 1. The Labute approximate surface area is 99.8 Å². The fourth-order valence-electron chi connectivity index (χ4n) is 1.16. The van der Waals surface area contributed by atoms with Crippen LogP contribution in [0.3, 0.4) is 0 Å². The van der Waals surface area contributed by atoms with Crippen molar-refractivity contribution >= 4 is 17.5 Å². The van der Waals surface area contributed by atoms with Crippen LogP contribution in [-0.4, -0.2) is 36.6 Å². The van der Waals surface area contributed by atoms with E-state index in [2.05, 4.69) is 5.32 Å². The smallest absolute Gasteiger partial charge is 0.236 e. The van der Waals surface area contributed by atoms with E-state index in [1.165, 1.54) is 11.0 Å². The van der Waals surface area contributed by atoms with Crippen LogP contribution in [0.4, 0.5) is 0 Å². The first kappa shape index (κ1) is 12.8.